The molecule has 1 aliphatic heterocycles. The van der Waals surface area contributed by atoms with Crippen molar-refractivity contribution in [2.45, 2.75) is 18.2 Å². The lowest BCUT2D eigenvalue weighted by molar-refractivity contribution is 0.394. The highest BCUT2D eigenvalue weighted by atomic mass is 32.2. The minimum atomic E-state index is -3.28. The normalized spacial score (nSPS) is 20.4. The third-order valence-corrected chi connectivity index (χ3v) is 6.25. The van der Waals surface area contributed by atoms with E-state index in [0.717, 1.165) is 17.9 Å². The Bertz CT molecular complexity index is 511. The zero-order chi connectivity index (χ0) is 13.2. The van der Waals surface area contributed by atoms with E-state index in [9.17, 15) is 8.42 Å². The zero-order valence-corrected chi connectivity index (χ0v) is 12.0. The summed E-state index contributed by atoms with van der Waals surface area (Å²) in [5, 5.41) is 0. The van der Waals surface area contributed by atoms with Crippen molar-refractivity contribution in [3.63, 3.8) is 0 Å². The van der Waals surface area contributed by atoms with Crippen molar-refractivity contribution in [3.8, 4) is 0 Å². The molecule has 0 radical (unpaired) electrons. The Morgan fingerprint density at radius 2 is 2.17 bits per heavy atom. The Morgan fingerprint density at radius 1 is 1.44 bits per heavy atom. The average molecular weight is 286 g/mol. The van der Waals surface area contributed by atoms with Crippen LogP contribution in [0.15, 0.2) is 24.3 Å². The molecule has 2 N–H and O–H groups in total. The van der Waals surface area contributed by atoms with Gasteiger partial charge in [-0.1, -0.05) is 18.2 Å². The fourth-order valence-corrected chi connectivity index (χ4v) is 4.86. The van der Waals surface area contributed by atoms with Crippen LogP contribution in [0.25, 0.3) is 0 Å². The zero-order valence-electron chi connectivity index (χ0n) is 10.4. The molecule has 6 heteroatoms. The van der Waals surface area contributed by atoms with Gasteiger partial charge >= 0.3 is 0 Å². The summed E-state index contributed by atoms with van der Waals surface area (Å²) in [5.41, 5.74) is 7.01. The first-order valence-electron chi connectivity index (χ1n) is 5.87. The van der Waals surface area contributed by atoms with Crippen molar-refractivity contribution in [2.24, 2.45) is 0 Å². The van der Waals surface area contributed by atoms with Crippen molar-refractivity contribution in [3.05, 3.63) is 29.8 Å². The van der Waals surface area contributed by atoms with Gasteiger partial charge in [0.2, 0.25) is 10.0 Å². The Kier molecular flexibility index (Phi) is 4.19. The highest BCUT2D eigenvalue weighted by molar-refractivity contribution is 7.99. The number of benzene rings is 1. The van der Waals surface area contributed by atoms with Crippen molar-refractivity contribution in [1.82, 2.24) is 4.31 Å². The molecule has 1 aliphatic rings. The van der Waals surface area contributed by atoms with Crippen LogP contribution in [0.1, 0.15) is 12.0 Å². The molecule has 1 unspecified atom stereocenters. The molecule has 1 fully saturated rings. The van der Waals surface area contributed by atoms with Gasteiger partial charge in [0.1, 0.15) is 0 Å². The number of anilines is 1. The van der Waals surface area contributed by atoms with E-state index >= 15 is 0 Å². The second-order valence-corrected chi connectivity index (χ2v) is 7.67. The van der Waals surface area contributed by atoms with Crippen LogP contribution in [0.4, 0.5) is 5.69 Å². The molecule has 0 amide bonds. The van der Waals surface area contributed by atoms with Crippen LogP contribution >= 0.6 is 11.8 Å². The lowest BCUT2D eigenvalue weighted by Gasteiger charge is -2.23. The maximum atomic E-state index is 12.3. The molecular formula is C12H18N2O2S2. The van der Waals surface area contributed by atoms with Crippen LogP contribution < -0.4 is 5.73 Å². The average Bonchev–Trinajstić information content (AvgIpc) is 2.84. The summed E-state index contributed by atoms with van der Waals surface area (Å²) in [5.74, 6) is 1.91. The molecule has 0 aromatic heterocycles. The summed E-state index contributed by atoms with van der Waals surface area (Å²) >= 11 is 1.81. The van der Waals surface area contributed by atoms with Crippen LogP contribution in [-0.2, 0) is 15.8 Å². The van der Waals surface area contributed by atoms with Gasteiger partial charge in [-0.3, -0.25) is 0 Å². The Morgan fingerprint density at radius 3 is 2.78 bits per heavy atom. The molecule has 1 atom stereocenters. The Hall–Kier alpha value is -0.720. The van der Waals surface area contributed by atoms with Gasteiger partial charge < -0.3 is 5.73 Å². The van der Waals surface area contributed by atoms with E-state index in [2.05, 4.69) is 0 Å². The maximum absolute atomic E-state index is 12.3. The fourth-order valence-electron chi connectivity index (χ4n) is 2.00. The number of hydrogen-bond donors (Lipinski definition) is 1. The summed E-state index contributed by atoms with van der Waals surface area (Å²) in [6.07, 6.45) is 0.935. The number of sulfonamides is 1. The SMILES string of the molecule is CN(C1CCSC1)S(=O)(=O)Cc1ccccc1N. The molecule has 1 heterocycles. The number of nitrogens with zero attached hydrogens (tertiary/aromatic N) is 1. The van der Waals surface area contributed by atoms with E-state index < -0.39 is 10.0 Å². The van der Waals surface area contributed by atoms with Crippen LogP contribution in [0.5, 0.6) is 0 Å². The molecule has 2 rings (SSSR count). The highest BCUT2D eigenvalue weighted by Gasteiger charge is 2.29. The topological polar surface area (TPSA) is 63.4 Å². The van der Waals surface area contributed by atoms with Gasteiger partial charge in [0.15, 0.2) is 0 Å². The summed E-state index contributed by atoms with van der Waals surface area (Å²) < 4.78 is 26.1. The lowest BCUT2D eigenvalue weighted by atomic mass is 10.2. The first-order chi connectivity index (χ1) is 8.50. The molecular weight excluding hydrogens is 268 g/mol. The predicted octanol–water partition coefficient (Wildman–Crippen LogP) is 1.54. The van der Waals surface area contributed by atoms with Gasteiger partial charge in [0, 0.05) is 24.5 Å². The van der Waals surface area contributed by atoms with Gasteiger partial charge in [-0.15, -0.1) is 0 Å². The largest absolute Gasteiger partial charge is 0.398 e. The van der Waals surface area contributed by atoms with E-state index in [1.54, 1.807) is 30.9 Å². The molecule has 1 aromatic rings. The van der Waals surface area contributed by atoms with Gasteiger partial charge in [0.25, 0.3) is 0 Å². The second kappa shape index (κ2) is 5.50. The molecule has 1 saturated heterocycles. The molecule has 18 heavy (non-hydrogen) atoms. The van der Waals surface area contributed by atoms with Crippen molar-refractivity contribution < 1.29 is 8.42 Å². The minimum absolute atomic E-state index is 0.0165. The Balaban J connectivity index is 2.14. The maximum Gasteiger partial charge on any atom is 0.218 e. The standard InChI is InChI=1S/C12H18N2O2S2/c1-14(11-6-7-17-8-11)18(15,16)9-10-4-2-3-5-12(10)13/h2-5,11H,6-9,13H2,1H3. The van der Waals surface area contributed by atoms with Gasteiger partial charge in [-0.05, 0) is 23.8 Å². The van der Waals surface area contributed by atoms with Gasteiger partial charge in [0.05, 0.1) is 5.75 Å². The number of nitrogen functional groups attached to an aromatic ring is 1. The number of thioether (sulfide) groups is 1. The van der Waals surface area contributed by atoms with E-state index in [-0.39, 0.29) is 11.8 Å². The van der Waals surface area contributed by atoms with Crippen molar-refractivity contribution in [1.29, 1.82) is 0 Å². The highest BCUT2D eigenvalue weighted by Crippen LogP contribution is 2.25. The van der Waals surface area contributed by atoms with E-state index in [1.807, 2.05) is 12.1 Å². The summed E-state index contributed by atoms with van der Waals surface area (Å²) in [7, 11) is -1.61. The number of rotatable bonds is 4. The van der Waals surface area contributed by atoms with E-state index in [0.29, 0.717) is 11.3 Å². The summed E-state index contributed by atoms with van der Waals surface area (Å²) in [6.45, 7) is 0. The third-order valence-electron chi connectivity index (χ3n) is 3.25. The van der Waals surface area contributed by atoms with E-state index in [1.165, 1.54) is 4.31 Å². The second-order valence-electron chi connectivity index (χ2n) is 4.49. The first kappa shape index (κ1) is 13.7. The summed E-state index contributed by atoms with van der Waals surface area (Å²) in [4.78, 5) is 0. The van der Waals surface area contributed by atoms with Crippen molar-refractivity contribution >= 4 is 27.5 Å². The molecule has 100 valence electrons. The van der Waals surface area contributed by atoms with Crippen LogP contribution in [0.2, 0.25) is 0 Å². The van der Waals surface area contributed by atoms with E-state index in [4.69, 9.17) is 5.73 Å². The quantitative estimate of drug-likeness (QED) is 0.853. The van der Waals surface area contributed by atoms with Crippen molar-refractivity contribution in [2.75, 3.05) is 24.3 Å². The molecule has 4 nitrogen and oxygen atoms in total. The third kappa shape index (κ3) is 2.99. The minimum Gasteiger partial charge on any atom is -0.398 e. The first-order valence-corrected chi connectivity index (χ1v) is 8.64. The molecule has 0 saturated carbocycles. The van der Waals surface area contributed by atoms with Gasteiger partial charge in [-0.25, -0.2) is 12.7 Å². The molecule has 1 aromatic carbocycles. The number of para-hydroxylation sites is 1. The predicted molar refractivity (Wildman–Crippen MR) is 77.0 cm³/mol. The van der Waals surface area contributed by atoms with Crippen LogP contribution in [-0.4, -0.2) is 37.3 Å². The summed E-state index contributed by atoms with van der Waals surface area (Å²) in [6, 6.07) is 7.25. The number of nitrogens with two attached hydrogens (primary N) is 1. The monoisotopic (exact) mass is 286 g/mol. The number of hydrogen-bond acceptors (Lipinski definition) is 4. The lowest BCUT2D eigenvalue weighted by Crippen LogP contribution is -2.37. The van der Waals surface area contributed by atoms with Crippen LogP contribution in [0.3, 0.4) is 0 Å². The van der Waals surface area contributed by atoms with Gasteiger partial charge in [-0.2, -0.15) is 11.8 Å². The smallest absolute Gasteiger partial charge is 0.218 e. The molecule has 0 spiro atoms. The fraction of sp³-hybridized carbons (Fsp3) is 0.500. The molecule has 0 aliphatic carbocycles. The Labute approximate surface area is 113 Å². The molecule has 0 bridgehead atoms. The van der Waals surface area contributed by atoms with Crippen LogP contribution in [0, 0.1) is 0 Å².